The summed E-state index contributed by atoms with van der Waals surface area (Å²) in [5, 5.41) is 8.68. The Morgan fingerprint density at radius 2 is 2.25 bits per heavy atom. The summed E-state index contributed by atoms with van der Waals surface area (Å²) in [5.74, 6) is -1.29. The normalized spacial score (nSPS) is 12.5. The van der Waals surface area contributed by atoms with Gasteiger partial charge in [-0.15, -0.1) is 0 Å². The molecule has 1 heterocycles. The van der Waals surface area contributed by atoms with E-state index in [-0.39, 0.29) is 0 Å². The fourth-order valence-corrected chi connectivity index (χ4v) is 0.878. The summed E-state index contributed by atoms with van der Waals surface area (Å²) in [6.07, 6.45) is 1.61. The first-order valence-corrected chi connectivity index (χ1v) is 3.76. The molecule has 0 spiro atoms. The van der Waals surface area contributed by atoms with Gasteiger partial charge in [0.25, 0.3) is 0 Å². The van der Waals surface area contributed by atoms with Crippen molar-refractivity contribution in [2.45, 2.75) is 19.8 Å². The van der Waals surface area contributed by atoms with E-state index in [1.807, 2.05) is 13.0 Å². The van der Waals surface area contributed by atoms with Gasteiger partial charge in [0, 0.05) is 11.9 Å². The Balaban J connectivity index is 2.89. The number of pyridine rings is 1. The molecule has 3 heteroatoms. The molecule has 0 fully saturated rings. The van der Waals surface area contributed by atoms with Crippen LogP contribution in [0.2, 0.25) is 0 Å². The Bertz CT molecular complexity index is 279. The molecule has 1 unspecified atom stereocenters. The zero-order chi connectivity index (χ0) is 9.14. The SMILES string of the molecule is Cc1ccc(C(C)C(=O)O)cn1. The van der Waals surface area contributed by atoms with Gasteiger partial charge in [-0.05, 0) is 25.5 Å². The molecule has 1 atom stereocenters. The fraction of sp³-hybridized carbons (Fsp3) is 0.333. The second kappa shape index (κ2) is 3.34. The zero-order valence-corrected chi connectivity index (χ0v) is 7.11. The van der Waals surface area contributed by atoms with Crippen LogP contribution in [0.4, 0.5) is 0 Å². The summed E-state index contributed by atoms with van der Waals surface area (Å²) in [5.41, 5.74) is 1.64. The molecule has 0 radical (unpaired) electrons. The van der Waals surface area contributed by atoms with Crippen molar-refractivity contribution in [2.24, 2.45) is 0 Å². The molecule has 0 aliphatic rings. The minimum atomic E-state index is -0.819. The number of aliphatic carboxylic acids is 1. The highest BCUT2D eigenvalue weighted by molar-refractivity contribution is 5.75. The Kier molecular flexibility index (Phi) is 2.43. The first kappa shape index (κ1) is 8.71. The first-order valence-electron chi connectivity index (χ1n) is 3.76. The van der Waals surface area contributed by atoms with Crippen LogP contribution >= 0.6 is 0 Å². The van der Waals surface area contributed by atoms with Gasteiger partial charge in [0.05, 0.1) is 5.92 Å². The fourth-order valence-electron chi connectivity index (χ4n) is 0.878. The number of rotatable bonds is 2. The van der Waals surface area contributed by atoms with Gasteiger partial charge in [-0.2, -0.15) is 0 Å². The summed E-state index contributed by atoms with van der Waals surface area (Å²) in [6.45, 7) is 3.52. The van der Waals surface area contributed by atoms with Gasteiger partial charge in [-0.3, -0.25) is 9.78 Å². The second-order valence-corrected chi connectivity index (χ2v) is 2.79. The van der Waals surface area contributed by atoms with E-state index in [1.54, 1.807) is 19.2 Å². The third kappa shape index (κ3) is 1.81. The molecule has 1 aromatic heterocycles. The number of hydrogen-bond donors (Lipinski definition) is 1. The number of carboxylic acids is 1. The maximum atomic E-state index is 10.6. The monoisotopic (exact) mass is 165 g/mol. The highest BCUT2D eigenvalue weighted by Gasteiger charge is 2.12. The van der Waals surface area contributed by atoms with Crippen molar-refractivity contribution in [3.63, 3.8) is 0 Å². The van der Waals surface area contributed by atoms with Crippen LogP contribution in [0.3, 0.4) is 0 Å². The van der Waals surface area contributed by atoms with Crippen molar-refractivity contribution in [1.29, 1.82) is 0 Å². The average molecular weight is 165 g/mol. The molecular weight excluding hydrogens is 154 g/mol. The van der Waals surface area contributed by atoms with Crippen LogP contribution in [0.1, 0.15) is 24.1 Å². The third-order valence-corrected chi connectivity index (χ3v) is 1.80. The summed E-state index contributed by atoms with van der Waals surface area (Å²) in [7, 11) is 0. The minimum absolute atomic E-state index is 0.474. The van der Waals surface area contributed by atoms with E-state index < -0.39 is 11.9 Å². The van der Waals surface area contributed by atoms with Crippen LogP contribution in [-0.2, 0) is 4.79 Å². The molecular formula is C9H11NO2. The lowest BCUT2D eigenvalue weighted by Gasteiger charge is -2.04. The van der Waals surface area contributed by atoms with Crippen molar-refractivity contribution < 1.29 is 9.90 Å². The van der Waals surface area contributed by atoms with Gasteiger partial charge >= 0.3 is 5.97 Å². The van der Waals surface area contributed by atoms with Crippen molar-refractivity contribution in [3.05, 3.63) is 29.6 Å². The molecule has 0 saturated carbocycles. The van der Waals surface area contributed by atoms with Gasteiger partial charge in [0.15, 0.2) is 0 Å². The largest absolute Gasteiger partial charge is 0.481 e. The van der Waals surface area contributed by atoms with E-state index >= 15 is 0 Å². The molecule has 0 aromatic carbocycles. The first-order chi connectivity index (χ1) is 5.61. The standard InChI is InChI=1S/C9H11NO2/c1-6-3-4-8(5-10-6)7(2)9(11)12/h3-5,7H,1-2H3,(H,11,12). The van der Waals surface area contributed by atoms with Gasteiger partial charge in [0.1, 0.15) is 0 Å². The maximum absolute atomic E-state index is 10.6. The zero-order valence-electron chi connectivity index (χ0n) is 7.11. The Morgan fingerprint density at radius 3 is 2.67 bits per heavy atom. The van der Waals surface area contributed by atoms with Crippen molar-refractivity contribution in [1.82, 2.24) is 4.98 Å². The van der Waals surface area contributed by atoms with E-state index in [9.17, 15) is 4.79 Å². The average Bonchev–Trinajstić information content (AvgIpc) is 2.04. The molecule has 0 aliphatic carbocycles. The summed E-state index contributed by atoms with van der Waals surface area (Å²) < 4.78 is 0. The summed E-state index contributed by atoms with van der Waals surface area (Å²) >= 11 is 0. The topological polar surface area (TPSA) is 50.2 Å². The lowest BCUT2D eigenvalue weighted by molar-refractivity contribution is -0.138. The molecule has 3 nitrogen and oxygen atoms in total. The van der Waals surface area contributed by atoms with Crippen molar-refractivity contribution >= 4 is 5.97 Å². The number of carboxylic acid groups (broad SMARTS) is 1. The van der Waals surface area contributed by atoms with E-state index in [0.29, 0.717) is 0 Å². The number of aryl methyl sites for hydroxylation is 1. The third-order valence-electron chi connectivity index (χ3n) is 1.80. The maximum Gasteiger partial charge on any atom is 0.310 e. The smallest absolute Gasteiger partial charge is 0.310 e. The number of nitrogens with zero attached hydrogens (tertiary/aromatic N) is 1. The van der Waals surface area contributed by atoms with E-state index in [0.717, 1.165) is 11.3 Å². The summed E-state index contributed by atoms with van der Waals surface area (Å²) in [6, 6.07) is 3.61. The predicted octanol–water partition coefficient (Wildman–Crippen LogP) is 1.58. The minimum Gasteiger partial charge on any atom is -0.481 e. The molecule has 0 saturated heterocycles. The van der Waals surface area contributed by atoms with Crippen LogP contribution in [0, 0.1) is 6.92 Å². The van der Waals surface area contributed by atoms with E-state index in [2.05, 4.69) is 4.98 Å². The second-order valence-electron chi connectivity index (χ2n) is 2.79. The lowest BCUT2D eigenvalue weighted by atomic mass is 10.0. The quantitative estimate of drug-likeness (QED) is 0.723. The van der Waals surface area contributed by atoms with Gasteiger partial charge in [-0.25, -0.2) is 0 Å². The number of hydrogen-bond acceptors (Lipinski definition) is 2. The number of carbonyl (C=O) groups is 1. The molecule has 1 N–H and O–H groups in total. The van der Waals surface area contributed by atoms with Gasteiger partial charge < -0.3 is 5.11 Å². The van der Waals surface area contributed by atoms with Crippen LogP contribution in [0.25, 0.3) is 0 Å². The molecule has 1 rings (SSSR count). The number of aromatic nitrogens is 1. The molecule has 0 aliphatic heterocycles. The molecule has 0 bridgehead atoms. The predicted molar refractivity (Wildman–Crippen MR) is 45.0 cm³/mol. The Labute approximate surface area is 71.1 Å². The van der Waals surface area contributed by atoms with E-state index in [1.165, 1.54) is 0 Å². The Morgan fingerprint density at radius 1 is 1.58 bits per heavy atom. The van der Waals surface area contributed by atoms with Crippen LogP contribution in [0.15, 0.2) is 18.3 Å². The molecule has 0 amide bonds. The van der Waals surface area contributed by atoms with E-state index in [4.69, 9.17) is 5.11 Å². The summed E-state index contributed by atoms with van der Waals surface area (Å²) in [4.78, 5) is 14.6. The van der Waals surface area contributed by atoms with Crippen LogP contribution in [-0.4, -0.2) is 16.1 Å². The van der Waals surface area contributed by atoms with Crippen LogP contribution < -0.4 is 0 Å². The molecule has 12 heavy (non-hydrogen) atoms. The highest BCUT2D eigenvalue weighted by atomic mass is 16.4. The molecule has 64 valence electrons. The lowest BCUT2D eigenvalue weighted by Crippen LogP contribution is -2.07. The highest BCUT2D eigenvalue weighted by Crippen LogP contribution is 2.13. The van der Waals surface area contributed by atoms with Gasteiger partial charge in [-0.1, -0.05) is 6.07 Å². The van der Waals surface area contributed by atoms with Crippen LogP contribution in [0.5, 0.6) is 0 Å². The van der Waals surface area contributed by atoms with Crippen molar-refractivity contribution in [3.8, 4) is 0 Å². The molecule has 1 aromatic rings. The van der Waals surface area contributed by atoms with Gasteiger partial charge in [0.2, 0.25) is 0 Å². The Hall–Kier alpha value is -1.38. The van der Waals surface area contributed by atoms with Crippen molar-refractivity contribution in [2.75, 3.05) is 0 Å².